The number of aromatic amines is 2. The number of benzene rings is 4. The average molecular weight is 1320 g/mol. The second-order valence-corrected chi connectivity index (χ2v) is 30.9. The molecule has 96 heavy (non-hydrogen) atoms. The number of hydrogen-bond donors (Lipinski definition) is 3. The predicted molar refractivity (Wildman–Crippen MR) is 383 cm³/mol. The summed E-state index contributed by atoms with van der Waals surface area (Å²) in [5.74, 6) is 1.36. The first-order valence-electron chi connectivity index (χ1n) is 35.1. The van der Waals surface area contributed by atoms with Crippen molar-refractivity contribution in [1.29, 1.82) is 0 Å². The molecule has 12 rings (SSSR count). The second-order valence-electron chi connectivity index (χ2n) is 29.0. The Morgan fingerprint density at radius 1 is 0.552 bits per heavy atom. The lowest BCUT2D eigenvalue weighted by Gasteiger charge is -2.32. The van der Waals surface area contributed by atoms with E-state index < -0.39 is 20.9 Å². The number of amides is 2. The number of aromatic nitrogens is 6. The Bertz CT molecular complexity index is 3990. The van der Waals surface area contributed by atoms with E-state index in [9.17, 15) is 18.0 Å². The van der Waals surface area contributed by atoms with Crippen LogP contribution in [0.4, 0.5) is 5.69 Å². The van der Waals surface area contributed by atoms with Crippen molar-refractivity contribution < 1.29 is 27.5 Å². The van der Waals surface area contributed by atoms with Crippen LogP contribution >= 0.6 is 0 Å². The third-order valence-electron chi connectivity index (χ3n) is 20.1. The molecule has 0 unspecified atom stereocenters. The van der Waals surface area contributed by atoms with Gasteiger partial charge in [-0.25, -0.2) is 8.42 Å². The lowest BCUT2D eigenvalue weighted by atomic mass is 9.92. The summed E-state index contributed by atoms with van der Waals surface area (Å²) in [4.78, 5) is 42.2. The van der Waals surface area contributed by atoms with Crippen LogP contribution in [0.5, 0.6) is 11.8 Å². The SMILES string of the molecule is Cc1cc(C)cc(-c2[nH]nc(OCC(C)(C)C(=O)N3C4CCC3CC4)c2CCN(CCCCc2ccncc2)S(=O)(=O)c2cccc3cccc(N(C)C)c23)c1.Cc1cc(C)cc(-c2[nH]nc(OCC(C)(C)C(=O)N3C4CCC3CC4)c2CCNCCCCc2ccncc2)c1. The van der Waals surface area contributed by atoms with Crippen LogP contribution in [-0.2, 0) is 45.3 Å². The molecule has 8 aromatic rings. The van der Waals surface area contributed by atoms with Gasteiger partial charge in [-0.05, 0) is 248 Å². The number of rotatable bonds is 29. The average Bonchev–Trinajstić information content (AvgIpc) is 0.870. The van der Waals surface area contributed by atoms with E-state index in [1.54, 1.807) is 22.8 Å². The lowest BCUT2D eigenvalue weighted by Crippen LogP contribution is -2.46. The highest BCUT2D eigenvalue weighted by atomic mass is 32.2. The Hall–Kier alpha value is -7.93. The van der Waals surface area contributed by atoms with Crippen LogP contribution in [0.25, 0.3) is 33.3 Å². The van der Waals surface area contributed by atoms with Crippen LogP contribution in [0.3, 0.4) is 0 Å². The van der Waals surface area contributed by atoms with Crippen LogP contribution < -0.4 is 19.7 Å². The highest BCUT2D eigenvalue weighted by molar-refractivity contribution is 7.89. The Balaban J connectivity index is 0.000000206. The number of carbonyl (C=O) groups is 2. The maximum atomic E-state index is 15.0. The van der Waals surface area contributed by atoms with Crippen molar-refractivity contribution in [1.82, 2.24) is 49.8 Å². The molecule has 0 radical (unpaired) electrons. The fourth-order valence-corrected chi connectivity index (χ4v) is 16.9. The number of ether oxygens (including phenoxy) is 2. The number of aryl methyl sites for hydroxylation is 6. The minimum atomic E-state index is -3.97. The smallest absolute Gasteiger partial charge is 0.243 e. The van der Waals surface area contributed by atoms with Crippen molar-refractivity contribution in [2.75, 3.05) is 58.4 Å². The molecule has 4 aromatic carbocycles. The quantitative estimate of drug-likeness (QED) is 0.0376. The zero-order chi connectivity index (χ0) is 67.7. The van der Waals surface area contributed by atoms with Gasteiger partial charge in [-0.1, -0.05) is 58.7 Å². The third kappa shape index (κ3) is 16.2. The summed E-state index contributed by atoms with van der Waals surface area (Å²) >= 11 is 0. The zero-order valence-corrected chi connectivity index (χ0v) is 59.2. The highest BCUT2D eigenvalue weighted by Crippen LogP contribution is 2.43. The minimum Gasteiger partial charge on any atom is -0.475 e. The van der Waals surface area contributed by atoms with Gasteiger partial charge in [0, 0.05) is 109 Å². The molecule has 4 aromatic heterocycles. The molecular formula is C78H101N11O6S. The lowest BCUT2D eigenvalue weighted by molar-refractivity contribution is -0.144. The molecule has 4 saturated heterocycles. The molecule has 4 aliphatic heterocycles. The molecule has 3 N–H and O–H groups in total. The van der Waals surface area contributed by atoms with E-state index in [1.165, 1.54) is 22.3 Å². The number of fused-ring (bicyclic) bond motifs is 5. The van der Waals surface area contributed by atoms with Gasteiger partial charge >= 0.3 is 0 Å². The van der Waals surface area contributed by atoms with Crippen molar-refractivity contribution in [2.45, 2.75) is 187 Å². The van der Waals surface area contributed by atoms with E-state index in [2.05, 4.69) is 122 Å². The standard InChI is InChI=1S/C45H56N6O4S.C33H45N5O2/c1-31-27-32(2)29-35(28-31)42-38(43(48-47-42)55-30-45(3,4)44(52)51-36-16-17-37(51)19-18-36)22-26-50(25-8-7-11-33-20-23-46-24-21-33)56(53,54)40-15-10-13-34-12-9-14-39(41(34)40)49(5)6;1-23-19-24(2)21-26(20-23)30-29(14-18-34-15-6-5-7-25-12-16-35-17-13-25)31(37-36-30)40-22-33(3,4)32(39)38-27-8-9-28(38)11-10-27/h9-10,12-15,20-21,23-24,27-29,36-37H,7-8,11,16-19,22,25-26,30H2,1-6H3,(H,47,48);12-13,16-17,19-21,27-28,34H,5-11,14-15,18,22H2,1-4H3,(H,36,37). The summed E-state index contributed by atoms with van der Waals surface area (Å²) in [7, 11) is -0.0940. The van der Waals surface area contributed by atoms with Gasteiger partial charge in [-0.2, -0.15) is 4.31 Å². The van der Waals surface area contributed by atoms with E-state index in [4.69, 9.17) is 9.47 Å². The largest absolute Gasteiger partial charge is 0.475 e. The first-order valence-corrected chi connectivity index (χ1v) is 36.5. The van der Waals surface area contributed by atoms with Crippen molar-refractivity contribution in [3.8, 4) is 34.3 Å². The van der Waals surface area contributed by atoms with Gasteiger partial charge in [0.25, 0.3) is 0 Å². The number of sulfonamides is 1. The molecule has 17 nitrogen and oxygen atoms in total. The molecule has 4 bridgehead atoms. The summed E-state index contributed by atoms with van der Waals surface area (Å²) in [6.45, 7) is 19.1. The number of carbonyl (C=O) groups excluding carboxylic acids is 2. The van der Waals surface area contributed by atoms with Crippen LogP contribution in [-0.4, -0.2) is 142 Å². The van der Waals surface area contributed by atoms with Gasteiger partial charge in [0.15, 0.2) is 0 Å². The molecule has 18 heteroatoms. The fraction of sp³-hybridized carbons (Fsp3) is 0.487. The topological polar surface area (TPSA) is 195 Å². The Labute approximate surface area is 569 Å². The monoisotopic (exact) mass is 1320 g/mol. The van der Waals surface area contributed by atoms with Crippen molar-refractivity contribution in [2.24, 2.45) is 10.8 Å². The minimum absolute atomic E-state index is 0.130. The van der Waals surface area contributed by atoms with Gasteiger partial charge in [0.2, 0.25) is 33.6 Å². The van der Waals surface area contributed by atoms with Gasteiger partial charge in [0.1, 0.15) is 13.2 Å². The van der Waals surface area contributed by atoms with E-state index in [0.717, 1.165) is 159 Å². The number of H-pyrrole nitrogens is 2. The van der Waals surface area contributed by atoms with Gasteiger partial charge in [-0.15, -0.1) is 10.2 Å². The van der Waals surface area contributed by atoms with Gasteiger partial charge in [-0.3, -0.25) is 29.8 Å². The summed E-state index contributed by atoms with van der Waals surface area (Å²) in [5, 5.41) is 21.0. The number of nitrogens with one attached hydrogen (secondary N) is 3. The normalized spacial score (nSPS) is 17.6. The summed E-state index contributed by atoms with van der Waals surface area (Å²) in [6.07, 6.45) is 23.0. The van der Waals surface area contributed by atoms with Crippen LogP contribution in [0.2, 0.25) is 0 Å². The van der Waals surface area contributed by atoms with E-state index in [-0.39, 0.29) is 25.0 Å². The molecule has 0 saturated carbocycles. The van der Waals surface area contributed by atoms with Crippen LogP contribution in [0.15, 0.2) is 127 Å². The fourth-order valence-electron chi connectivity index (χ4n) is 15.2. The van der Waals surface area contributed by atoms with Gasteiger partial charge in [0.05, 0.1) is 27.1 Å². The van der Waals surface area contributed by atoms with Gasteiger partial charge < -0.3 is 29.5 Å². The summed E-state index contributed by atoms with van der Waals surface area (Å²) < 4.78 is 44.5. The molecule has 0 spiro atoms. The number of hydrogen-bond acceptors (Lipinski definition) is 12. The van der Waals surface area contributed by atoms with E-state index in [1.807, 2.05) is 102 Å². The molecule has 0 atom stereocenters. The maximum absolute atomic E-state index is 15.0. The molecule has 510 valence electrons. The molecule has 2 amide bonds. The van der Waals surface area contributed by atoms with E-state index >= 15 is 0 Å². The zero-order valence-electron chi connectivity index (χ0n) is 58.3. The Morgan fingerprint density at radius 3 is 1.45 bits per heavy atom. The van der Waals surface area contributed by atoms with Crippen molar-refractivity contribution in [3.63, 3.8) is 0 Å². The summed E-state index contributed by atoms with van der Waals surface area (Å²) in [6, 6.07) is 34.0. The van der Waals surface area contributed by atoms with Crippen LogP contribution in [0, 0.1) is 38.5 Å². The first-order chi connectivity index (χ1) is 46.1. The molecule has 4 aliphatic rings. The number of nitrogens with zero attached hydrogens (tertiary/aromatic N) is 8. The first kappa shape index (κ1) is 69.4. The predicted octanol–water partition coefficient (Wildman–Crippen LogP) is 13.9. The molecule has 4 fully saturated rings. The number of unbranched alkanes of at least 4 members (excludes halogenated alkanes) is 2. The summed E-state index contributed by atoms with van der Waals surface area (Å²) in [5.41, 5.74) is 12.4. The molecular weight excluding hydrogens is 1220 g/mol. The Kier molecular flexibility index (Phi) is 22.2. The van der Waals surface area contributed by atoms with Crippen LogP contribution in [0.1, 0.15) is 149 Å². The maximum Gasteiger partial charge on any atom is 0.243 e. The number of pyridine rings is 2. The third-order valence-corrected chi connectivity index (χ3v) is 22.1. The molecule has 0 aliphatic carbocycles. The second kappa shape index (κ2) is 30.6. The van der Waals surface area contributed by atoms with E-state index in [0.29, 0.717) is 72.2 Å². The highest BCUT2D eigenvalue weighted by Gasteiger charge is 2.48. The van der Waals surface area contributed by atoms with Crippen molar-refractivity contribution >= 4 is 38.3 Å². The Morgan fingerprint density at radius 2 is 0.990 bits per heavy atom. The van der Waals surface area contributed by atoms with Crippen molar-refractivity contribution in [3.05, 3.63) is 166 Å². The molecule has 8 heterocycles. The number of anilines is 1.